The summed E-state index contributed by atoms with van der Waals surface area (Å²) in [5, 5.41) is 27.9. The van der Waals surface area contributed by atoms with Crippen LogP contribution in [0.15, 0.2) is 18.2 Å². The first-order chi connectivity index (χ1) is 23.4. The second-order valence-electron chi connectivity index (χ2n) is 15.7. The molecular formula is C33H54BFN6O9S. The number of likely N-dealkylation sites (tertiary alicyclic amines) is 1. The molecule has 0 saturated carbocycles. The highest BCUT2D eigenvalue weighted by Gasteiger charge is 2.47. The molecule has 1 aromatic carbocycles. The van der Waals surface area contributed by atoms with E-state index < -0.39 is 87.9 Å². The highest BCUT2D eigenvalue weighted by atomic mass is 32.2. The molecule has 5 amide bonds. The maximum absolute atomic E-state index is 14.4. The standard InChI is InChI=1S/C33H54BFN6O9S/c1-10-12-26(34(46)47)37-28(42)24-15-21(50-31(45)40-16-20-13-11-14-23(35)22(20)18-40)17-41(24)29(43)27(33(5,6)7)38-30(44)36-25(32(2,3)4)19-39(8)51(9,48)49/h11,13-14,21,24-27,46-47H,10,12,15-19H2,1-9H3,(H,37,42)(H2,36,38,44)/t21-,24+,25-,26+,27-/m1/s1. The van der Waals surface area contributed by atoms with Gasteiger partial charge in [-0.15, -0.1) is 0 Å². The van der Waals surface area contributed by atoms with Gasteiger partial charge in [0, 0.05) is 38.2 Å². The van der Waals surface area contributed by atoms with Crippen LogP contribution in [0, 0.1) is 16.6 Å². The van der Waals surface area contributed by atoms with Crippen molar-refractivity contribution < 1.29 is 46.8 Å². The number of hydrogen-bond acceptors (Lipinski definition) is 9. The highest BCUT2D eigenvalue weighted by molar-refractivity contribution is 7.88. The number of halogens is 1. The molecule has 18 heteroatoms. The topological polar surface area (TPSA) is 198 Å². The van der Waals surface area contributed by atoms with Gasteiger partial charge in [-0.2, -0.15) is 0 Å². The molecule has 0 aliphatic carbocycles. The minimum absolute atomic E-state index is 0.00608. The smallest absolute Gasteiger partial charge is 0.444 e. The van der Waals surface area contributed by atoms with E-state index in [-0.39, 0.29) is 39.0 Å². The summed E-state index contributed by atoms with van der Waals surface area (Å²) >= 11 is 0. The largest absolute Gasteiger partial charge is 0.475 e. The summed E-state index contributed by atoms with van der Waals surface area (Å²) in [6.45, 7) is 12.4. The second-order valence-corrected chi connectivity index (χ2v) is 17.8. The van der Waals surface area contributed by atoms with Gasteiger partial charge >= 0.3 is 19.2 Å². The van der Waals surface area contributed by atoms with Gasteiger partial charge in [-0.05, 0) is 28.9 Å². The van der Waals surface area contributed by atoms with Crippen molar-refractivity contribution in [1.29, 1.82) is 0 Å². The maximum atomic E-state index is 14.4. The minimum Gasteiger partial charge on any atom is -0.444 e. The van der Waals surface area contributed by atoms with Crippen molar-refractivity contribution in [1.82, 2.24) is 30.1 Å². The van der Waals surface area contributed by atoms with Gasteiger partial charge in [0.05, 0.1) is 25.3 Å². The van der Waals surface area contributed by atoms with Crippen LogP contribution < -0.4 is 16.0 Å². The number of nitrogens with one attached hydrogen (secondary N) is 3. The summed E-state index contributed by atoms with van der Waals surface area (Å²) in [6, 6.07) is 0.771. The molecule has 5 N–H and O–H groups in total. The van der Waals surface area contributed by atoms with Crippen molar-refractivity contribution in [2.75, 3.05) is 26.4 Å². The van der Waals surface area contributed by atoms with Crippen LogP contribution in [0.2, 0.25) is 0 Å². The molecule has 0 unspecified atom stereocenters. The third-order valence-electron chi connectivity index (χ3n) is 9.33. The van der Waals surface area contributed by atoms with Gasteiger partial charge in [-0.1, -0.05) is 67.0 Å². The Morgan fingerprint density at radius 3 is 2.24 bits per heavy atom. The Hall–Kier alpha value is -3.48. The zero-order valence-corrected chi connectivity index (χ0v) is 31.8. The van der Waals surface area contributed by atoms with Gasteiger partial charge in [-0.3, -0.25) is 14.5 Å². The fraction of sp³-hybridized carbons (Fsp3) is 0.697. The Morgan fingerprint density at radius 1 is 1.06 bits per heavy atom. The number of carbonyl (C=O) groups is 4. The van der Waals surface area contributed by atoms with E-state index in [9.17, 15) is 42.0 Å². The Labute approximate surface area is 300 Å². The Morgan fingerprint density at radius 2 is 1.71 bits per heavy atom. The Bertz CT molecular complexity index is 1550. The van der Waals surface area contributed by atoms with Crippen LogP contribution in [0.5, 0.6) is 0 Å². The predicted molar refractivity (Wildman–Crippen MR) is 189 cm³/mol. The van der Waals surface area contributed by atoms with E-state index in [0.717, 1.165) is 10.6 Å². The Balaban J connectivity index is 1.86. The summed E-state index contributed by atoms with van der Waals surface area (Å²) in [7, 11) is -4.02. The summed E-state index contributed by atoms with van der Waals surface area (Å²) in [5.41, 5.74) is -0.455. The number of benzene rings is 1. The summed E-state index contributed by atoms with van der Waals surface area (Å²) < 4.78 is 45.5. The SMILES string of the molecule is CCC[C@H](NC(=O)[C@@H]1C[C@@H](OC(=O)N2Cc3cccc(F)c3C2)CN1C(=O)[C@@H](NC(=O)N[C@H](CN(C)S(C)(=O)=O)C(C)(C)C)C(C)(C)C)B(O)O. The number of urea groups is 1. The zero-order valence-electron chi connectivity index (χ0n) is 31.0. The third-order valence-corrected chi connectivity index (χ3v) is 10.6. The maximum Gasteiger partial charge on any atom is 0.475 e. The van der Waals surface area contributed by atoms with Gasteiger partial charge in [0.1, 0.15) is 24.0 Å². The fourth-order valence-electron chi connectivity index (χ4n) is 6.06. The summed E-state index contributed by atoms with van der Waals surface area (Å²) in [6.07, 6.45) is -0.00750. The predicted octanol–water partition coefficient (Wildman–Crippen LogP) is 1.56. The van der Waals surface area contributed by atoms with Crippen LogP contribution in [-0.4, -0.2) is 120 Å². The molecule has 0 spiro atoms. The van der Waals surface area contributed by atoms with Crippen molar-refractivity contribution in [2.45, 2.75) is 111 Å². The molecule has 2 heterocycles. The van der Waals surface area contributed by atoms with Crippen molar-refractivity contribution in [3.63, 3.8) is 0 Å². The van der Waals surface area contributed by atoms with Crippen LogP contribution in [0.25, 0.3) is 0 Å². The van der Waals surface area contributed by atoms with Crippen LogP contribution in [0.3, 0.4) is 0 Å². The van der Waals surface area contributed by atoms with Crippen LogP contribution in [0.1, 0.15) is 78.9 Å². The molecule has 15 nitrogen and oxygen atoms in total. The number of carbonyl (C=O) groups excluding carboxylic acids is 4. The van der Waals surface area contributed by atoms with Crippen molar-refractivity contribution >= 4 is 41.1 Å². The first-order valence-electron chi connectivity index (χ1n) is 17.1. The van der Waals surface area contributed by atoms with Crippen LogP contribution >= 0.6 is 0 Å². The number of fused-ring (bicyclic) bond motifs is 1. The molecule has 1 aromatic rings. The number of nitrogens with zero attached hydrogens (tertiary/aromatic N) is 3. The minimum atomic E-state index is -3.56. The Kier molecular flexibility index (Phi) is 13.5. The molecule has 2 aliphatic heterocycles. The number of likely N-dealkylation sites (N-methyl/N-ethyl adjacent to an activating group) is 1. The lowest BCUT2D eigenvalue weighted by molar-refractivity contribution is -0.142. The lowest BCUT2D eigenvalue weighted by Gasteiger charge is -2.37. The van der Waals surface area contributed by atoms with Crippen molar-refractivity contribution in [3.8, 4) is 0 Å². The molecule has 2 aliphatic rings. The van der Waals surface area contributed by atoms with E-state index in [2.05, 4.69) is 16.0 Å². The van der Waals surface area contributed by atoms with Crippen LogP contribution in [-0.2, 0) is 37.4 Å². The number of ether oxygens (including phenoxy) is 1. The zero-order chi connectivity index (χ0) is 38.6. The normalized spacial score (nSPS) is 19.6. The van der Waals surface area contributed by atoms with Gasteiger partial charge in [-0.25, -0.2) is 26.7 Å². The van der Waals surface area contributed by atoms with Crippen molar-refractivity contribution in [2.24, 2.45) is 10.8 Å². The molecule has 3 rings (SSSR count). The lowest BCUT2D eigenvalue weighted by Crippen LogP contribution is -2.62. The molecule has 5 atom stereocenters. The second kappa shape index (κ2) is 16.5. The number of rotatable bonds is 12. The lowest BCUT2D eigenvalue weighted by atomic mass is 9.76. The van der Waals surface area contributed by atoms with Crippen LogP contribution in [0.4, 0.5) is 14.0 Å². The first-order valence-corrected chi connectivity index (χ1v) is 19.0. The monoisotopic (exact) mass is 740 g/mol. The highest BCUT2D eigenvalue weighted by Crippen LogP contribution is 2.30. The van der Waals surface area contributed by atoms with E-state index in [1.165, 1.54) is 22.9 Å². The van der Waals surface area contributed by atoms with E-state index in [0.29, 0.717) is 17.5 Å². The average Bonchev–Trinajstić information content (AvgIpc) is 3.63. The molecular weight excluding hydrogens is 686 g/mol. The number of hydrogen-bond donors (Lipinski definition) is 5. The summed E-state index contributed by atoms with van der Waals surface area (Å²) in [4.78, 5) is 57.3. The molecule has 286 valence electrons. The van der Waals surface area contributed by atoms with E-state index in [1.807, 2.05) is 20.8 Å². The van der Waals surface area contributed by atoms with Gasteiger partial charge in [0.2, 0.25) is 21.8 Å². The molecule has 0 bridgehead atoms. The molecule has 0 aromatic heterocycles. The van der Waals surface area contributed by atoms with Gasteiger partial charge in [0.25, 0.3) is 0 Å². The molecule has 51 heavy (non-hydrogen) atoms. The average molecular weight is 741 g/mol. The van der Waals surface area contributed by atoms with E-state index in [4.69, 9.17) is 4.74 Å². The number of sulfonamides is 1. The number of amides is 5. The molecule has 0 radical (unpaired) electrons. The molecule has 1 fully saturated rings. The van der Waals surface area contributed by atoms with E-state index in [1.54, 1.807) is 39.8 Å². The van der Waals surface area contributed by atoms with Gasteiger partial charge < -0.3 is 35.6 Å². The first kappa shape index (κ1) is 41.9. The third kappa shape index (κ3) is 11.0. The van der Waals surface area contributed by atoms with E-state index >= 15 is 0 Å². The quantitative estimate of drug-likeness (QED) is 0.198. The van der Waals surface area contributed by atoms with Gasteiger partial charge in [0.15, 0.2) is 0 Å². The van der Waals surface area contributed by atoms with Crippen molar-refractivity contribution in [3.05, 3.63) is 35.1 Å². The fourth-order valence-corrected chi connectivity index (χ4v) is 6.48. The summed E-state index contributed by atoms with van der Waals surface area (Å²) in [5.74, 6) is -2.81. The molecule has 1 saturated heterocycles.